The van der Waals surface area contributed by atoms with Crippen molar-refractivity contribution in [3.8, 4) is 6.07 Å². The van der Waals surface area contributed by atoms with Crippen LogP contribution >= 0.6 is 11.3 Å². The van der Waals surface area contributed by atoms with Crippen LogP contribution in [0.2, 0.25) is 0 Å². The molecule has 0 spiro atoms. The molecule has 0 unspecified atom stereocenters. The lowest BCUT2D eigenvalue weighted by Crippen LogP contribution is -2.17. The maximum Gasteiger partial charge on any atom is 0.350 e. The lowest BCUT2D eigenvalue weighted by Gasteiger charge is -2.10. The van der Waals surface area contributed by atoms with Gasteiger partial charge in [0.15, 0.2) is 9.84 Å². The fourth-order valence-electron chi connectivity index (χ4n) is 2.12. The highest BCUT2D eigenvalue weighted by atomic mass is 32.2. The number of hydrazone groups is 1. The second-order valence-electron chi connectivity index (χ2n) is 5.77. The number of rotatable bonds is 7. The smallest absolute Gasteiger partial charge is 0.350 e. The Hall–Kier alpha value is -3.03. The van der Waals surface area contributed by atoms with E-state index in [4.69, 9.17) is 0 Å². The maximum atomic E-state index is 12.6. The second kappa shape index (κ2) is 8.77. The van der Waals surface area contributed by atoms with Crippen molar-refractivity contribution >= 4 is 44.3 Å². The minimum atomic E-state index is -3.75. The summed E-state index contributed by atoms with van der Waals surface area (Å²) < 4.78 is 29.8. The van der Waals surface area contributed by atoms with Crippen molar-refractivity contribution < 1.29 is 22.7 Å². The summed E-state index contributed by atoms with van der Waals surface area (Å²) in [4.78, 5) is 24.2. The molecule has 10 heteroatoms. The lowest BCUT2D eigenvalue weighted by molar-refractivity contribution is 0.0607. The Balaban J connectivity index is 2.50. The van der Waals surface area contributed by atoms with Gasteiger partial charge < -0.3 is 4.74 Å². The number of hydrogen-bond acceptors (Lipinski definition) is 9. The standard InChI is InChI=1S/C18H17N3O5S2/c1-11(2)28(24,25)14-10-27-17(18(23)26-3)15(14)21-20-13(9-19)16(22)12-7-5-4-6-8-12/h4-8,10-11,21H,1-3H3/b20-13-. The largest absolute Gasteiger partial charge is 0.465 e. The molecule has 1 aromatic carbocycles. The minimum absolute atomic E-state index is 0.0325. The van der Waals surface area contributed by atoms with Gasteiger partial charge in [-0.05, 0) is 13.8 Å². The zero-order chi connectivity index (χ0) is 20.9. The van der Waals surface area contributed by atoms with Crippen molar-refractivity contribution in [1.29, 1.82) is 5.26 Å². The summed E-state index contributed by atoms with van der Waals surface area (Å²) in [6.07, 6.45) is 0. The molecule has 1 aromatic heterocycles. The van der Waals surface area contributed by atoms with Gasteiger partial charge in [-0.25, -0.2) is 13.2 Å². The average molecular weight is 419 g/mol. The number of nitrogens with zero attached hydrogens (tertiary/aromatic N) is 2. The van der Waals surface area contributed by atoms with Crippen molar-refractivity contribution in [3.05, 3.63) is 46.2 Å². The number of ketones is 1. The van der Waals surface area contributed by atoms with Crippen molar-refractivity contribution in [2.24, 2.45) is 5.10 Å². The number of esters is 1. The molecule has 28 heavy (non-hydrogen) atoms. The van der Waals surface area contributed by atoms with E-state index in [0.717, 1.165) is 18.4 Å². The zero-order valence-electron chi connectivity index (χ0n) is 15.3. The number of benzene rings is 1. The van der Waals surface area contributed by atoms with Crippen LogP contribution in [0.4, 0.5) is 5.69 Å². The molecule has 0 fully saturated rings. The number of sulfone groups is 1. The number of anilines is 1. The first-order valence-corrected chi connectivity index (χ1v) is 10.4. The van der Waals surface area contributed by atoms with Crippen LogP contribution in [0.1, 0.15) is 33.9 Å². The van der Waals surface area contributed by atoms with Crippen LogP contribution in [0, 0.1) is 11.3 Å². The van der Waals surface area contributed by atoms with Crippen molar-refractivity contribution in [2.45, 2.75) is 24.0 Å². The topological polar surface area (TPSA) is 126 Å². The van der Waals surface area contributed by atoms with Gasteiger partial charge in [0, 0.05) is 10.9 Å². The number of methoxy groups -OCH3 is 1. The number of carbonyl (C=O) groups is 2. The Labute approximate surface area is 166 Å². The van der Waals surface area contributed by atoms with Crippen molar-refractivity contribution in [1.82, 2.24) is 0 Å². The Morgan fingerprint density at radius 1 is 1.25 bits per heavy atom. The predicted octanol–water partition coefficient (Wildman–Crippen LogP) is 2.89. The lowest BCUT2D eigenvalue weighted by atomic mass is 10.1. The Bertz CT molecular complexity index is 1060. The molecule has 2 rings (SSSR count). The summed E-state index contributed by atoms with van der Waals surface area (Å²) in [5.41, 5.74) is 2.05. The third-order valence-electron chi connectivity index (χ3n) is 3.69. The highest BCUT2D eigenvalue weighted by molar-refractivity contribution is 7.92. The molecular weight excluding hydrogens is 402 g/mol. The average Bonchev–Trinajstić information content (AvgIpc) is 3.12. The normalized spacial score (nSPS) is 11.8. The molecule has 0 aliphatic rings. The molecule has 0 bridgehead atoms. The Kier molecular flexibility index (Phi) is 6.66. The molecule has 0 radical (unpaired) electrons. The third-order valence-corrected chi connectivity index (χ3v) is 6.98. The van der Waals surface area contributed by atoms with E-state index in [1.165, 1.54) is 31.4 Å². The second-order valence-corrected chi connectivity index (χ2v) is 9.12. The van der Waals surface area contributed by atoms with E-state index in [9.17, 15) is 23.3 Å². The minimum Gasteiger partial charge on any atom is -0.465 e. The van der Waals surface area contributed by atoms with Crippen LogP contribution in [0.15, 0.2) is 45.7 Å². The fraction of sp³-hybridized carbons (Fsp3) is 0.222. The van der Waals surface area contributed by atoms with Gasteiger partial charge in [0.25, 0.3) is 0 Å². The van der Waals surface area contributed by atoms with E-state index < -0.39 is 32.6 Å². The van der Waals surface area contributed by atoms with Gasteiger partial charge >= 0.3 is 5.97 Å². The summed E-state index contributed by atoms with van der Waals surface area (Å²) in [5.74, 6) is -1.40. The van der Waals surface area contributed by atoms with E-state index in [1.807, 2.05) is 0 Å². The molecule has 8 nitrogen and oxygen atoms in total. The molecule has 2 aromatic rings. The molecular formula is C18H17N3O5S2. The summed E-state index contributed by atoms with van der Waals surface area (Å²) in [6.45, 7) is 3.00. The monoisotopic (exact) mass is 419 g/mol. The van der Waals surface area contributed by atoms with Gasteiger partial charge in [-0.3, -0.25) is 10.2 Å². The fourth-order valence-corrected chi connectivity index (χ4v) is 4.60. The summed E-state index contributed by atoms with van der Waals surface area (Å²) in [6, 6.07) is 9.72. The van der Waals surface area contributed by atoms with Crippen molar-refractivity contribution in [2.75, 3.05) is 12.5 Å². The molecule has 0 saturated heterocycles. The molecule has 0 aliphatic carbocycles. The number of nitrogens with one attached hydrogen (secondary N) is 1. The molecule has 1 N–H and O–H groups in total. The molecule has 1 heterocycles. The SMILES string of the molecule is COC(=O)c1scc(S(=O)(=O)C(C)C)c1N/N=C(/C#N)C(=O)c1ccccc1. The molecule has 0 atom stereocenters. The van der Waals surface area contributed by atoms with E-state index in [-0.39, 0.29) is 21.0 Å². The highest BCUT2D eigenvalue weighted by Gasteiger charge is 2.29. The summed E-state index contributed by atoms with van der Waals surface area (Å²) >= 11 is 0.864. The summed E-state index contributed by atoms with van der Waals surface area (Å²) in [5, 5.41) is 13.6. The van der Waals surface area contributed by atoms with E-state index in [2.05, 4.69) is 15.3 Å². The molecule has 146 valence electrons. The predicted molar refractivity (Wildman–Crippen MR) is 105 cm³/mol. The number of carbonyl (C=O) groups excluding carboxylic acids is 2. The van der Waals surface area contributed by atoms with Gasteiger partial charge in [0.2, 0.25) is 11.5 Å². The van der Waals surface area contributed by atoms with Crippen LogP contribution in [-0.4, -0.2) is 38.2 Å². The van der Waals surface area contributed by atoms with Gasteiger partial charge in [0.1, 0.15) is 21.5 Å². The number of hydrogen-bond donors (Lipinski definition) is 1. The van der Waals surface area contributed by atoms with Crippen molar-refractivity contribution in [3.63, 3.8) is 0 Å². The number of Topliss-reactive ketones (excluding diaryl/α,β-unsaturated/α-hetero) is 1. The molecule has 0 amide bonds. The maximum absolute atomic E-state index is 12.6. The third kappa shape index (κ3) is 4.27. The first-order valence-electron chi connectivity index (χ1n) is 8.01. The quantitative estimate of drug-likeness (QED) is 0.316. The van der Waals surface area contributed by atoms with Gasteiger partial charge in [0.05, 0.1) is 12.4 Å². The molecule has 0 saturated carbocycles. The number of nitriles is 1. The van der Waals surface area contributed by atoms with Crippen LogP contribution in [-0.2, 0) is 14.6 Å². The highest BCUT2D eigenvalue weighted by Crippen LogP contribution is 2.34. The van der Waals surface area contributed by atoms with E-state index >= 15 is 0 Å². The van der Waals surface area contributed by atoms with Crippen LogP contribution < -0.4 is 5.43 Å². The van der Waals surface area contributed by atoms with Crippen LogP contribution in [0.25, 0.3) is 0 Å². The van der Waals surface area contributed by atoms with Gasteiger partial charge in [-0.15, -0.1) is 11.3 Å². The zero-order valence-corrected chi connectivity index (χ0v) is 16.9. The summed E-state index contributed by atoms with van der Waals surface area (Å²) in [7, 11) is -2.59. The Morgan fingerprint density at radius 3 is 2.43 bits per heavy atom. The number of ether oxygens (including phenoxy) is 1. The first-order chi connectivity index (χ1) is 13.2. The van der Waals surface area contributed by atoms with Gasteiger partial charge in [-0.2, -0.15) is 10.4 Å². The van der Waals surface area contributed by atoms with Crippen LogP contribution in [0.3, 0.4) is 0 Å². The van der Waals surface area contributed by atoms with Crippen LogP contribution in [0.5, 0.6) is 0 Å². The number of thiophene rings is 1. The van der Waals surface area contributed by atoms with E-state index in [0.29, 0.717) is 0 Å². The molecule has 0 aliphatic heterocycles. The van der Waals surface area contributed by atoms with Gasteiger partial charge in [-0.1, -0.05) is 30.3 Å². The Morgan fingerprint density at radius 2 is 1.89 bits per heavy atom. The first kappa shape index (κ1) is 21.3. The van der Waals surface area contributed by atoms with E-state index in [1.54, 1.807) is 24.3 Å².